The normalized spacial score (nSPS) is 11.3. The summed E-state index contributed by atoms with van der Waals surface area (Å²) in [6.07, 6.45) is 3.19. The maximum Gasteiger partial charge on any atom is 0.191 e. The Balaban J connectivity index is 1.60. The van der Waals surface area contributed by atoms with Crippen molar-refractivity contribution in [2.45, 2.75) is 26.3 Å². The Morgan fingerprint density at radius 2 is 2.03 bits per heavy atom. The summed E-state index contributed by atoms with van der Waals surface area (Å²) in [5.74, 6) is 1.12. The van der Waals surface area contributed by atoms with Gasteiger partial charge in [0.15, 0.2) is 5.96 Å². The van der Waals surface area contributed by atoms with E-state index in [2.05, 4.69) is 31.9 Å². The second-order valence-corrected chi connectivity index (χ2v) is 6.74. The number of aliphatic imine (C=N–C) groups is 1. The smallest absolute Gasteiger partial charge is 0.191 e. The molecule has 0 saturated carbocycles. The first-order valence-electron chi connectivity index (χ1n) is 9.96. The van der Waals surface area contributed by atoms with Crippen LogP contribution in [0, 0.1) is 11.3 Å². The molecule has 2 heterocycles. The zero-order valence-corrected chi connectivity index (χ0v) is 17.3. The molecule has 0 radical (unpaired) electrons. The van der Waals surface area contributed by atoms with Gasteiger partial charge in [0.1, 0.15) is 17.5 Å². The van der Waals surface area contributed by atoms with Gasteiger partial charge in [0.05, 0.1) is 23.6 Å². The van der Waals surface area contributed by atoms with E-state index in [0.717, 1.165) is 30.3 Å². The van der Waals surface area contributed by atoms with Crippen molar-refractivity contribution >= 4 is 11.8 Å². The highest BCUT2D eigenvalue weighted by molar-refractivity contribution is 5.79. The topological polar surface area (TPSA) is 122 Å². The Morgan fingerprint density at radius 1 is 1.23 bits per heavy atom. The standard InChI is InChI=1S/C21H27N9/c1-3-24-21(26-15-17-11-13-27-29(17)2)25-12-7-10-19-18(14-22)20(23)30(28-19)16-8-5-4-6-9-16/h4-6,8-9,11,13H,3,7,10,12,15,23H2,1-2H3,(H2,24,25,26). The number of para-hydroxylation sites is 1. The van der Waals surface area contributed by atoms with Crippen molar-refractivity contribution in [2.75, 3.05) is 18.8 Å². The van der Waals surface area contributed by atoms with Gasteiger partial charge < -0.3 is 16.4 Å². The third kappa shape index (κ3) is 4.97. The molecule has 0 aliphatic heterocycles. The number of rotatable bonds is 8. The number of aromatic nitrogens is 4. The van der Waals surface area contributed by atoms with E-state index in [-0.39, 0.29) is 0 Å². The van der Waals surface area contributed by atoms with Crippen LogP contribution in [0.25, 0.3) is 5.69 Å². The van der Waals surface area contributed by atoms with E-state index in [1.54, 1.807) is 10.9 Å². The highest BCUT2D eigenvalue weighted by atomic mass is 15.3. The molecule has 0 spiro atoms. The maximum absolute atomic E-state index is 9.52. The molecular weight excluding hydrogens is 378 g/mol. The van der Waals surface area contributed by atoms with E-state index in [9.17, 15) is 5.26 Å². The van der Waals surface area contributed by atoms with Crippen LogP contribution in [0.5, 0.6) is 0 Å². The van der Waals surface area contributed by atoms with Gasteiger partial charge >= 0.3 is 0 Å². The molecule has 9 heteroatoms. The van der Waals surface area contributed by atoms with Crippen LogP contribution >= 0.6 is 0 Å². The summed E-state index contributed by atoms with van der Waals surface area (Å²) in [5.41, 5.74) is 9.18. The molecule has 0 atom stereocenters. The SMILES string of the molecule is CCNC(=NCc1ccnn1C)NCCCc1nn(-c2ccccc2)c(N)c1C#N. The lowest BCUT2D eigenvalue weighted by Gasteiger charge is -2.11. The van der Waals surface area contributed by atoms with Gasteiger partial charge in [-0.15, -0.1) is 0 Å². The van der Waals surface area contributed by atoms with Gasteiger partial charge in [-0.3, -0.25) is 4.68 Å². The van der Waals surface area contributed by atoms with Gasteiger partial charge in [-0.05, 0) is 38.0 Å². The van der Waals surface area contributed by atoms with Crippen LogP contribution in [-0.4, -0.2) is 38.6 Å². The molecular formula is C21H27N9. The second-order valence-electron chi connectivity index (χ2n) is 6.74. The van der Waals surface area contributed by atoms with Gasteiger partial charge in [0, 0.05) is 26.3 Å². The summed E-state index contributed by atoms with van der Waals surface area (Å²) in [6, 6.07) is 13.7. The molecule has 0 aliphatic rings. The number of nitrogens with two attached hydrogens (primary N) is 1. The first-order chi connectivity index (χ1) is 14.6. The highest BCUT2D eigenvalue weighted by Crippen LogP contribution is 2.21. The van der Waals surface area contributed by atoms with Crippen molar-refractivity contribution in [1.82, 2.24) is 30.2 Å². The minimum Gasteiger partial charge on any atom is -0.382 e. The van der Waals surface area contributed by atoms with Crippen molar-refractivity contribution in [3.8, 4) is 11.8 Å². The van der Waals surface area contributed by atoms with E-state index in [0.29, 0.717) is 36.6 Å². The summed E-state index contributed by atoms with van der Waals surface area (Å²) < 4.78 is 3.44. The number of hydrogen-bond acceptors (Lipinski definition) is 5. The number of nitrogen functional groups attached to an aromatic ring is 1. The monoisotopic (exact) mass is 405 g/mol. The van der Waals surface area contributed by atoms with Crippen LogP contribution in [0.15, 0.2) is 47.6 Å². The number of hydrogen-bond donors (Lipinski definition) is 3. The first-order valence-corrected chi connectivity index (χ1v) is 9.96. The summed E-state index contributed by atoms with van der Waals surface area (Å²) in [4.78, 5) is 4.59. The van der Waals surface area contributed by atoms with Crippen LogP contribution in [0.4, 0.5) is 5.82 Å². The lowest BCUT2D eigenvalue weighted by atomic mass is 10.1. The molecule has 3 aromatic rings. The molecule has 2 aromatic heterocycles. The Bertz CT molecular complexity index is 1020. The highest BCUT2D eigenvalue weighted by Gasteiger charge is 2.16. The van der Waals surface area contributed by atoms with Crippen LogP contribution in [0.3, 0.4) is 0 Å². The Hall–Kier alpha value is -3.80. The lowest BCUT2D eigenvalue weighted by molar-refractivity contribution is 0.700. The van der Waals surface area contributed by atoms with Crippen LogP contribution in [0.1, 0.15) is 30.3 Å². The van der Waals surface area contributed by atoms with Crippen LogP contribution < -0.4 is 16.4 Å². The molecule has 0 saturated heterocycles. The predicted octanol–water partition coefficient (Wildman–Crippen LogP) is 1.75. The largest absolute Gasteiger partial charge is 0.382 e. The molecule has 30 heavy (non-hydrogen) atoms. The molecule has 9 nitrogen and oxygen atoms in total. The van der Waals surface area contributed by atoms with Gasteiger partial charge in [-0.25, -0.2) is 9.67 Å². The van der Waals surface area contributed by atoms with E-state index >= 15 is 0 Å². The van der Waals surface area contributed by atoms with Crippen molar-refractivity contribution in [2.24, 2.45) is 12.0 Å². The number of nitriles is 1. The van der Waals surface area contributed by atoms with Gasteiger partial charge in [-0.1, -0.05) is 18.2 Å². The summed E-state index contributed by atoms with van der Waals surface area (Å²) >= 11 is 0. The molecule has 4 N–H and O–H groups in total. The van der Waals surface area contributed by atoms with Crippen molar-refractivity contribution in [3.05, 3.63) is 59.5 Å². The summed E-state index contributed by atoms with van der Waals surface area (Å²) in [5, 5.41) is 24.8. The predicted molar refractivity (Wildman–Crippen MR) is 117 cm³/mol. The van der Waals surface area contributed by atoms with Crippen molar-refractivity contribution < 1.29 is 0 Å². The number of nitrogens with zero attached hydrogens (tertiary/aromatic N) is 6. The first kappa shape index (κ1) is 20.9. The zero-order chi connectivity index (χ0) is 21.3. The van der Waals surface area contributed by atoms with Crippen molar-refractivity contribution in [3.63, 3.8) is 0 Å². The lowest BCUT2D eigenvalue weighted by Crippen LogP contribution is -2.38. The maximum atomic E-state index is 9.52. The second kappa shape index (κ2) is 10.1. The number of guanidine groups is 1. The number of aryl methyl sites for hydroxylation is 2. The van der Waals surface area contributed by atoms with Gasteiger partial charge in [-0.2, -0.15) is 15.5 Å². The molecule has 156 valence electrons. The molecule has 0 amide bonds. The Kier molecular flexibility index (Phi) is 7.05. The van der Waals surface area contributed by atoms with E-state index in [1.807, 2.05) is 55.1 Å². The summed E-state index contributed by atoms with van der Waals surface area (Å²) in [6.45, 7) is 4.04. The Morgan fingerprint density at radius 3 is 2.70 bits per heavy atom. The molecule has 3 rings (SSSR count). The zero-order valence-electron chi connectivity index (χ0n) is 17.3. The van der Waals surface area contributed by atoms with Crippen molar-refractivity contribution in [1.29, 1.82) is 5.26 Å². The molecule has 1 aromatic carbocycles. The van der Waals surface area contributed by atoms with E-state index in [1.165, 1.54) is 0 Å². The molecule has 0 unspecified atom stereocenters. The van der Waals surface area contributed by atoms with Gasteiger partial charge in [0.2, 0.25) is 0 Å². The fraction of sp³-hybridized carbons (Fsp3) is 0.333. The van der Waals surface area contributed by atoms with E-state index in [4.69, 9.17) is 5.73 Å². The average molecular weight is 406 g/mol. The summed E-state index contributed by atoms with van der Waals surface area (Å²) in [7, 11) is 1.90. The molecule has 0 aliphatic carbocycles. The van der Waals surface area contributed by atoms with Gasteiger partial charge in [0.25, 0.3) is 0 Å². The Labute approximate surface area is 176 Å². The fourth-order valence-corrected chi connectivity index (χ4v) is 3.06. The third-order valence-corrected chi connectivity index (χ3v) is 4.65. The van der Waals surface area contributed by atoms with Crippen LogP contribution in [-0.2, 0) is 20.0 Å². The average Bonchev–Trinajstić information content (AvgIpc) is 3.32. The molecule has 0 bridgehead atoms. The fourth-order valence-electron chi connectivity index (χ4n) is 3.06. The van der Waals surface area contributed by atoms with E-state index < -0.39 is 0 Å². The number of anilines is 1. The number of nitrogens with one attached hydrogen (secondary N) is 2. The third-order valence-electron chi connectivity index (χ3n) is 4.65. The van der Waals surface area contributed by atoms with Crippen LogP contribution in [0.2, 0.25) is 0 Å². The minimum absolute atomic E-state index is 0.373. The minimum atomic E-state index is 0.373. The number of benzene rings is 1. The quantitative estimate of drug-likeness (QED) is 0.298. The molecule has 0 fully saturated rings.